The lowest BCUT2D eigenvalue weighted by Gasteiger charge is -2.58. The summed E-state index contributed by atoms with van der Waals surface area (Å²) in [6.07, 6.45) is 1.61. The summed E-state index contributed by atoms with van der Waals surface area (Å²) in [4.78, 5) is 12.8. The molecule has 2 saturated heterocycles. The molecule has 2 aliphatic heterocycles. The largest absolute Gasteiger partial charge is 0.459 e. The Balaban J connectivity index is 2.20. The van der Waals surface area contributed by atoms with Crippen molar-refractivity contribution in [2.45, 2.75) is 128 Å². The van der Waals surface area contributed by atoms with E-state index in [9.17, 15) is 4.79 Å². The van der Waals surface area contributed by atoms with E-state index in [1.54, 1.807) is 14.2 Å². The lowest BCUT2D eigenvalue weighted by Crippen LogP contribution is -2.69. The van der Waals surface area contributed by atoms with Crippen molar-refractivity contribution in [1.82, 2.24) is 0 Å². The summed E-state index contributed by atoms with van der Waals surface area (Å²) in [6, 6.07) is 0. The topological polar surface area (TPSA) is 72.5 Å². The maximum absolute atomic E-state index is 12.8. The van der Waals surface area contributed by atoms with E-state index in [0.717, 1.165) is 5.57 Å². The Morgan fingerprint density at radius 1 is 1.12 bits per heavy atom. The van der Waals surface area contributed by atoms with E-state index in [0.29, 0.717) is 38.7 Å². The molecule has 0 aromatic carbocycles. The normalized spacial score (nSPS) is 29.6. The Morgan fingerprint density at radius 3 is 2.21 bits per heavy atom. The van der Waals surface area contributed by atoms with Crippen molar-refractivity contribution in [3.63, 3.8) is 0 Å². The van der Waals surface area contributed by atoms with Crippen LogP contribution in [0.3, 0.4) is 0 Å². The number of fused-ring (bicyclic) bond motifs is 1. The molecule has 0 saturated carbocycles. The number of ether oxygens (including phenoxy) is 4. The third-order valence-corrected chi connectivity index (χ3v) is 12.1. The highest BCUT2D eigenvalue weighted by atomic mass is 28.4. The molecular weight excluding hydrogens is 452 g/mol. The number of methoxy groups -OCH3 is 2. The van der Waals surface area contributed by atoms with Crippen molar-refractivity contribution in [1.29, 1.82) is 0 Å². The first-order chi connectivity index (χ1) is 15.6. The molecule has 2 fully saturated rings. The molecule has 0 aromatic heterocycles. The van der Waals surface area contributed by atoms with Gasteiger partial charge in [-0.25, -0.2) is 0 Å². The van der Waals surface area contributed by atoms with Gasteiger partial charge in [-0.2, -0.15) is 0 Å². The molecule has 0 aromatic rings. The Morgan fingerprint density at radius 2 is 1.71 bits per heavy atom. The number of esters is 1. The van der Waals surface area contributed by atoms with E-state index in [4.69, 9.17) is 27.8 Å². The van der Waals surface area contributed by atoms with Crippen molar-refractivity contribution in [2.24, 2.45) is 0 Å². The van der Waals surface area contributed by atoms with Crippen LogP contribution < -0.4 is 0 Å². The van der Waals surface area contributed by atoms with Gasteiger partial charge in [-0.05, 0) is 26.7 Å². The SMILES string of the molecule is C=C(C)C[C@@]1(C)O[C@H]2CO[Si](C(C)(C)C)(C(C)(C)C)O[C@@H]2C[C@@H]1OC(=O)CCCC(OC)OC. The van der Waals surface area contributed by atoms with E-state index in [2.05, 4.69) is 48.1 Å². The van der Waals surface area contributed by atoms with Gasteiger partial charge in [0.2, 0.25) is 0 Å². The molecular formula is C26H48O7Si. The van der Waals surface area contributed by atoms with Gasteiger partial charge >= 0.3 is 14.5 Å². The van der Waals surface area contributed by atoms with Crippen LogP contribution in [0.5, 0.6) is 0 Å². The van der Waals surface area contributed by atoms with Crippen molar-refractivity contribution in [3.05, 3.63) is 12.2 Å². The second-order valence-corrected chi connectivity index (χ2v) is 17.0. The smallest absolute Gasteiger partial charge is 0.349 e. The third kappa shape index (κ3) is 6.50. The zero-order chi connectivity index (χ0) is 25.9. The first-order valence-corrected chi connectivity index (χ1v) is 14.3. The monoisotopic (exact) mass is 500 g/mol. The Bertz CT molecular complexity index is 693. The molecule has 2 heterocycles. The van der Waals surface area contributed by atoms with Gasteiger partial charge in [0.1, 0.15) is 17.8 Å². The summed E-state index contributed by atoms with van der Waals surface area (Å²) < 4.78 is 36.6. The summed E-state index contributed by atoms with van der Waals surface area (Å²) in [7, 11) is 0.540. The maximum atomic E-state index is 12.8. The molecule has 0 amide bonds. The van der Waals surface area contributed by atoms with Crippen molar-refractivity contribution in [3.8, 4) is 0 Å². The van der Waals surface area contributed by atoms with Crippen LogP contribution in [-0.2, 0) is 32.6 Å². The molecule has 0 radical (unpaired) electrons. The zero-order valence-corrected chi connectivity index (χ0v) is 24.1. The average molecular weight is 501 g/mol. The fourth-order valence-corrected chi connectivity index (χ4v) is 10.6. The van der Waals surface area contributed by atoms with Gasteiger partial charge in [0.05, 0.1) is 12.7 Å². The van der Waals surface area contributed by atoms with Gasteiger partial charge < -0.3 is 27.8 Å². The van der Waals surface area contributed by atoms with E-state index in [-0.39, 0.29) is 34.5 Å². The Hall–Kier alpha value is -0.773. The molecule has 0 spiro atoms. The molecule has 0 bridgehead atoms. The maximum Gasteiger partial charge on any atom is 0.349 e. The van der Waals surface area contributed by atoms with Crippen LogP contribution in [0.4, 0.5) is 0 Å². The molecule has 198 valence electrons. The summed E-state index contributed by atoms with van der Waals surface area (Å²) in [5, 5.41) is -0.250. The summed E-state index contributed by atoms with van der Waals surface area (Å²) >= 11 is 0. The second-order valence-electron chi connectivity index (χ2n) is 12.2. The fourth-order valence-electron chi connectivity index (χ4n) is 5.62. The van der Waals surface area contributed by atoms with Crippen molar-refractivity contribution < 1.29 is 32.6 Å². The van der Waals surface area contributed by atoms with Crippen molar-refractivity contribution >= 4 is 14.5 Å². The number of carbonyl (C=O) groups excluding carboxylic acids is 1. The van der Waals surface area contributed by atoms with Gasteiger partial charge in [-0.1, -0.05) is 47.1 Å². The van der Waals surface area contributed by atoms with Crippen LogP contribution in [0.2, 0.25) is 10.1 Å². The molecule has 4 atom stereocenters. The molecule has 34 heavy (non-hydrogen) atoms. The van der Waals surface area contributed by atoms with Crippen LogP contribution >= 0.6 is 0 Å². The highest BCUT2D eigenvalue weighted by Gasteiger charge is 2.64. The standard InChI is InChI=1S/C26H48O7Si/c1-18(2)16-26(9)21(31-22(27)13-12-14-23(28-10)29-11)15-19-20(32-26)17-30-34(33-19,24(3,4)5)25(6,7)8/h19-21,23H,1,12-17H2,2-11H3/t19-,20+,21+,26-/m1/s1. The molecule has 8 heteroatoms. The minimum atomic E-state index is -2.65. The van der Waals surface area contributed by atoms with Gasteiger partial charge in [0.25, 0.3) is 0 Å². The molecule has 7 nitrogen and oxygen atoms in total. The van der Waals surface area contributed by atoms with E-state index in [1.807, 2.05) is 13.8 Å². The van der Waals surface area contributed by atoms with E-state index in [1.165, 1.54) is 0 Å². The highest BCUT2D eigenvalue weighted by Crippen LogP contribution is 2.55. The lowest BCUT2D eigenvalue weighted by atomic mass is 9.84. The molecule has 0 aliphatic carbocycles. The first-order valence-electron chi connectivity index (χ1n) is 12.5. The summed E-state index contributed by atoms with van der Waals surface area (Å²) in [6.45, 7) is 21.8. The first kappa shape index (κ1) is 29.5. The summed E-state index contributed by atoms with van der Waals surface area (Å²) in [5.74, 6) is -0.242. The predicted molar refractivity (Wildman–Crippen MR) is 135 cm³/mol. The quantitative estimate of drug-likeness (QED) is 0.175. The number of hydrogen-bond donors (Lipinski definition) is 0. The van der Waals surface area contributed by atoms with Gasteiger partial charge in [-0.15, -0.1) is 6.58 Å². The molecule has 0 unspecified atom stereocenters. The number of rotatable bonds is 9. The number of carbonyl (C=O) groups is 1. The third-order valence-electron chi connectivity index (χ3n) is 6.98. The average Bonchev–Trinajstić information content (AvgIpc) is 2.69. The van der Waals surface area contributed by atoms with Gasteiger partial charge in [0, 0.05) is 43.6 Å². The minimum Gasteiger partial charge on any atom is -0.459 e. The van der Waals surface area contributed by atoms with Crippen LogP contribution in [0.1, 0.15) is 87.5 Å². The Labute approximate surface area is 208 Å². The molecule has 2 aliphatic rings. The van der Waals surface area contributed by atoms with Crippen LogP contribution in [0.15, 0.2) is 12.2 Å². The minimum absolute atomic E-state index is 0.125. The fraction of sp³-hybridized carbons (Fsp3) is 0.885. The van der Waals surface area contributed by atoms with Gasteiger partial charge in [0.15, 0.2) is 6.29 Å². The van der Waals surface area contributed by atoms with Gasteiger partial charge in [-0.3, -0.25) is 4.79 Å². The number of hydrogen-bond acceptors (Lipinski definition) is 7. The van der Waals surface area contributed by atoms with Crippen LogP contribution in [0, 0.1) is 0 Å². The lowest BCUT2D eigenvalue weighted by molar-refractivity contribution is -0.247. The molecule has 2 rings (SSSR count). The summed E-state index contributed by atoms with van der Waals surface area (Å²) in [5.41, 5.74) is 0.304. The van der Waals surface area contributed by atoms with Crippen molar-refractivity contribution in [2.75, 3.05) is 20.8 Å². The molecule has 0 N–H and O–H groups in total. The highest BCUT2D eigenvalue weighted by molar-refractivity contribution is 6.73. The predicted octanol–water partition coefficient (Wildman–Crippen LogP) is 5.66. The second kappa shape index (κ2) is 11.1. The van der Waals surface area contributed by atoms with Crippen LogP contribution in [-0.4, -0.2) is 65.6 Å². The van der Waals surface area contributed by atoms with E-state index < -0.39 is 20.3 Å². The Kier molecular flexibility index (Phi) is 9.61. The zero-order valence-electron chi connectivity index (χ0n) is 23.1. The van der Waals surface area contributed by atoms with Crippen LogP contribution in [0.25, 0.3) is 0 Å². The van der Waals surface area contributed by atoms with E-state index >= 15 is 0 Å².